The summed E-state index contributed by atoms with van der Waals surface area (Å²) in [6.45, 7) is 4.41. The van der Waals surface area contributed by atoms with E-state index in [0.29, 0.717) is 17.4 Å². The molecule has 114 valence electrons. The van der Waals surface area contributed by atoms with Crippen molar-refractivity contribution in [3.63, 3.8) is 0 Å². The largest absolute Gasteiger partial charge is 0.399 e. The summed E-state index contributed by atoms with van der Waals surface area (Å²) in [6, 6.07) is 5.25. The second-order valence-electron chi connectivity index (χ2n) is 5.57. The molecule has 0 saturated carbocycles. The number of hydrogen-bond acceptors (Lipinski definition) is 2. The SMILES string of the molecule is CCCCCCC(CCCC)Nc1ccc(N)cc1F. The van der Waals surface area contributed by atoms with Gasteiger partial charge in [0.15, 0.2) is 0 Å². The van der Waals surface area contributed by atoms with E-state index in [1.54, 1.807) is 12.1 Å². The second-order valence-corrected chi connectivity index (χ2v) is 5.57. The van der Waals surface area contributed by atoms with Crippen molar-refractivity contribution in [1.29, 1.82) is 0 Å². The lowest BCUT2D eigenvalue weighted by molar-refractivity contribution is 0.524. The van der Waals surface area contributed by atoms with Crippen LogP contribution in [0, 0.1) is 5.82 Å². The van der Waals surface area contributed by atoms with Crippen LogP contribution in [0.5, 0.6) is 0 Å². The minimum Gasteiger partial charge on any atom is -0.399 e. The molecule has 1 atom stereocenters. The molecule has 0 saturated heterocycles. The fraction of sp³-hybridized carbons (Fsp3) is 0.647. The number of hydrogen-bond donors (Lipinski definition) is 2. The molecule has 0 spiro atoms. The van der Waals surface area contributed by atoms with Gasteiger partial charge in [-0.15, -0.1) is 0 Å². The predicted molar refractivity (Wildman–Crippen MR) is 86.5 cm³/mol. The zero-order valence-electron chi connectivity index (χ0n) is 12.9. The molecule has 1 unspecified atom stereocenters. The fourth-order valence-electron chi connectivity index (χ4n) is 2.43. The third-order valence-electron chi connectivity index (χ3n) is 3.67. The number of anilines is 2. The molecule has 0 aliphatic heterocycles. The maximum atomic E-state index is 13.8. The molecule has 3 heteroatoms. The zero-order chi connectivity index (χ0) is 14.8. The summed E-state index contributed by atoms with van der Waals surface area (Å²) in [6.07, 6.45) is 9.60. The summed E-state index contributed by atoms with van der Waals surface area (Å²) in [5.41, 5.74) is 6.64. The Kier molecular flexibility index (Phi) is 8.08. The molecule has 1 aromatic carbocycles. The monoisotopic (exact) mass is 280 g/mol. The summed E-state index contributed by atoms with van der Waals surface area (Å²) < 4.78 is 13.8. The van der Waals surface area contributed by atoms with Gasteiger partial charge in [-0.1, -0.05) is 52.4 Å². The molecule has 20 heavy (non-hydrogen) atoms. The van der Waals surface area contributed by atoms with Crippen molar-refractivity contribution in [3.05, 3.63) is 24.0 Å². The lowest BCUT2D eigenvalue weighted by atomic mass is 10.0. The van der Waals surface area contributed by atoms with Crippen molar-refractivity contribution < 1.29 is 4.39 Å². The van der Waals surface area contributed by atoms with Crippen molar-refractivity contribution >= 4 is 11.4 Å². The van der Waals surface area contributed by atoms with E-state index < -0.39 is 0 Å². The van der Waals surface area contributed by atoms with Crippen molar-refractivity contribution in [3.8, 4) is 0 Å². The molecule has 1 rings (SSSR count). The van der Waals surface area contributed by atoms with E-state index in [0.717, 1.165) is 12.8 Å². The molecule has 2 nitrogen and oxygen atoms in total. The first-order chi connectivity index (χ1) is 9.67. The van der Waals surface area contributed by atoms with Crippen LogP contribution >= 0.6 is 0 Å². The van der Waals surface area contributed by atoms with Gasteiger partial charge in [-0.05, 0) is 31.0 Å². The van der Waals surface area contributed by atoms with Gasteiger partial charge in [0.25, 0.3) is 0 Å². The molecule has 0 aromatic heterocycles. The number of benzene rings is 1. The highest BCUT2D eigenvalue weighted by molar-refractivity contribution is 5.53. The van der Waals surface area contributed by atoms with Crippen LogP contribution in [0.15, 0.2) is 18.2 Å². The Morgan fingerprint density at radius 1 is 1.05 bits per heavy atom. The van der Waals surface area contributed by atoms with Gasteiger partial charge in [0.2, 0.25) is 0 Å². The van der Waals surface area contributed by atoms with Gasteiger partial charge >= 0.3 is 0 Å². The normalized spacial score (nSPS) is 12.3. The van der Waals surface area contributed by atoms with Gasteiger partial charge in [-0.2, -0.15) is 0 Å². The van der Waals surface area contributed by atoms with Gasteiger partial charge in [0.05, 0.1) is 5.69 Å². The predicted octanol–water partition coefficient (Wildman–Crippen LogP) is 5.35. The van der Waals surface area contributed by atoms with Crippen LogP contribution in [0.1, 0.15) is 65.2 Å². The van der Waals surface area contributed by atoms with Crippen molar-refractivity contribution in [2.75, 3.05) is 11.1 Å². The van der Waals surface area contributed by atoms with Crippen LogP contribution < -0.4 is 11.1 Å². The third-order valence-corrected chi connectivity index (χ3v) is 3.67. The molecular weight excluding hydrogens is 251 g/mol. The molecular formula is C17H29FN2. The summed E-state index contributed by atoms with van der Waals surface area (Å²) >= 11 is 0. The van der Waals surface area contributed by atoms with Gasteiger partial charge in [0, 0.05) is 11.7 Å². The number of halogens is 1. The second kappa shape index (κ2) is 9.62. The van der Waals surface area contributed by atoms with E-state index in [9.17, 15) is 4.39 Å². The van der Waals surface area contributed by atoms with Gasteiger partial charge in [0.1, 0.15) is 5.82 Å². The Hall–Kier alpha value is -1.25. The van der Waals surface area contributed by atoms with Crippen LogP contribution in [0.3, 0.4) is 0 Å². The van der Waals surface area contributed by atoms with Crippen LogP contribution in [0.4, 0.5) is 15.8 Å². The summed E-state index contributed by atoms with van der Waals surface area (Å²) in [5, 5.41) is 3.36. The molecule has 0 aliphatic rings. The average Bonchev–Trinajstić information content (AvgIpc) is 2.43. The number of nitrogens with one attached hydrogen (secondary N) is 1. The van der Waals surface area contributed by atoms with Crippen molar-refractivity contribution in [2.45, 2.75) is 71.3 Å². The van der Waals surface area contributed by atoms with Crippen molar-refractivity contribution in [2.24, 2.45) is 0 Å². The number of unbranched alkanes of at least 4 members (excludes halogenated alkanes) is 4. The zero-order valence-corrected chi connectivity index (χ0v) is 12.9. The van der Waals surface area contributed by atoms with Crippen LogP contribution in [0.2, 0.25) is 0 Å². The average molecular weight is 280 g/mol. The maximum absolute atomic E-state index is 13.8. The first-order valence-corrected chi connectivity index (χ1v) is 7.99. The quantitative estimate of drug-likeness (QED) is 0.448. The fourth-order valence-corrected chi connectivity index (χ4v) is 2.43. The Bertz CT molecular complexity index is 379. The lowest BCUT2D eigenvalue weighted by Crippen LogP contribution is -2.20. The molecule has 0 fully saturated rings. The van der Waals surface area contributed by atoms with E-state index in [4.69, 9.17) is 5.73 Å². The Balaban J connectivity index is 2.53. The molecule has 1 aromatic rings. The van der Waals surface area contributed by atoms with Crippen LogP contribution in [0.25, 0.3) is 0 Å². The van der Waals surface area contributed by atoms with Crippen molar-refractivity contribution in [1.82, 2.24) is 0 Å². The molecule has 0 bridgehead atoms. The smallest absolute Gasteiger partial charge is 0.148 e. The maximum Gasteiger partial charge on any atom is 0.148 e. The summed E-state index contributed by atoms with van der Waals surface area (Å²) in [7, 11) is 0. The number of nitrogens with two attached hydrogens (primary N) is 1. The highest BCUT2D eigenvalue weighted by Gasteiger charge is 2.10. The number of nitrogen functional groups attached to an aromatic ring is 1. The standard InChI is InChI=1S/C17H29FN2/c1-3-5-7-8-10-15(9-6-4-2)20-17-12-11-14(19)13-16(17)18/h11-13,15,20H,3-10,19H2,1-2H3. The van der Waals surface area contributed by atoms with E-state index in [2.05, 4.69) is 19.2 Å². The Morgan fingerprint density at radius 3 is 2.40 bits per heavy atom. The van der Waals surface area contributed by atoms with E-state index in [-0.39, 0.29) is 5.82 Å². The summed E-state index contributed by atoms with van der Waals surface area (Å²) in [5.74, 6) is -0.250. The van der Waals surface area contributed by atoms with E-state index in [1.165, 1.54) is 44.6 Å². The lowest BCUT2D eigenvalue weighted by Gasteiger charge is -2.20. The minimum absolute atomic E-state index is 0.250. The summed E-state index contributed by atoms with van der Waals surface area (Å²) in [4.78, 5) is 0. The first-order valence-electron chi connectivity index (χ1n) is 7.99. The van der Waals surface area contributed by atoms with Crippen LogP contribution in [-0.2, 0) is 0 Å². The molecule has 3 N–H and O–H groups in total. The third kappa shape index (κ3) is 6.27. The molecule has 0 heterocycles. The van der Waals surface area contributed by atoms with E-state index in [1.807, 2.05) is 0 Å². The molecule has 0 radical (unpaired) electrons. The van der Waals surface area contributed by atoms with Gasteiger partial charge < -0.3 is 11.1 Å². The van der Waals surface area contributed by atoms with E-state index >= 15 is 0 Å². The minimum atomic E-state index is -0.250. The molecule has 0 aliphatic carbocycles. The van der Waals surface area contributed by atoms with Gasteiger partial charge in [-0.3, -0.25) is 0 Å². The topological polar surface area (TPSA) is 38.0 Å². The molecule has 0 amide bonds. The first kappa shape index (κ1) is 16.8. The Labute approximate surface area is 123 Å². The van der Waals surface area contributed by atoms with Gasteiger partial charge in [-0.25, -0.2) is 4.39 Å². The number of rotatable bonds is 10. The Morgan fingerprint density at radius 2 is 1.75 bits per heavy atom. The highest BCUT2D eigenvalue weighted by Crippen LogP contribution is 2.21. The van der Waals surface area contributed by atoms with Crippen LogP contribution in [-0.4, -0.2) is 6.04 Å². The highest BCUT2D eigenvalue weighted by atomic mass is 19.1.